The number of aliphatic hydroxyl groups is 1. The first-order valence-corrected chi connectivity index (χ1v) is 13.8. The molecule has 0 saturated carbocycles. The second-order valence-electron chi connectivity index (χ2n) is 11.4. The second kappa shape index (κ2) is 12.9. The first-order valence-electron chi connectivity index (χ1n) is 13.8. The number of unbranched alkanes of at least 4 members (excludes halogenated alkanes) is 1. The van der Waals surface area contributed by atoms with Gasteiger partial charge in [0.05, 0.1) is 19.1 Å². The van der Waals surface area contributed by atoms with E-state index in [1.807, 2.05) is 17.0 Å². The molecule has 7 nitrogen and oxygen atoms in total. The quantitative estimate of drug-likeness (QED) is 0.394. The maximum Gasteiger partial charge on any atom is 0.308 e. The van der Waals surface area contributed by atoms with Gasteiger partial charge in [-0.1, -0.05) is 52.7 Å². The number of aliphatic hydroxyl groups excluding tert-OH is 1. The molecule has 202 valence electrons. The molecule has 0 spiro atoms. The normalized spacial score (nSPS) is 21.9. The molecule has 1 saturated heterocycles. The highest BCUT2D eigenvalue weighted by Gasteiger charge is 2.48. The van der Waals surface area contributed by atoms with Gasteiger partial charge in [-0.05, 0) is 48.3 Å². The van der Waals surface area contributed by atoms with E-state index in [0.29, 0.717) is 32.7 Å². The molecular formula is C29H46N2O5. The van der Waals surface area contributed by atoms with Crippen LogP contribution in [0.3, 0.4) is 0 Å². The highest BCUT2D eigenvalue weighted by Crippen LogP contribution is 2.44. The maximum absolute atomic E-state index is 13.5. The SMILES string of the molecule is CCCCN(CCCO)C(=O)CN1CC(c2ccc3c(c2)CCO3)C(C(=O)O)C1CC(C)(C)CCC. The molecule has 0 aliphatic carbocycles. The Bertz CT molecular complexity index is 878. The van der Waals surface area contributed by atoms with Gasteiger partial charge in [0.1, 0.15) is 5.75 Å². The van der Waals surface area contributed by atoms with Crippen LogP contribution in [0.15, 0.2) is 18.2 Å². The van der Waals surface area contributed by atoms with Crippen LogP contribution in [0.4, 0.5) is 0 Å². The minimum absolute atomic E-state index is 0.0200. The lowest BCUT2D eigenvalue weighted by Crippen LogP contribution is -2.46. The zero-order valence-corrected chi connectivity index (χ0v) is 22.7. The summed E-state index contributed by atoms with van der Waals surface area (Å²) in [7, 11) is 0. The van der Waals surface area contributed by atoms with Crippen molar-refractivity contribution < 1.29 is 24.5 Å². The Kier molecular flexibility index (Phi) is 10.2. The Morgan fingerprint density at radius 2 is 1.92 bits per heavy atom. The number of carboxylic acids is 1. The van der Waals surface area contributed by atoms with Crippen LogP contribution in [-0.2, 0) is 16.0 Å². The number of carbonyl (C=O) groups is 2. The Morgan fingerprint density at radius 1 is 1.17 bits per heavy atom. The number of nitrogens with zero attached hydrogens (tertiary/aromatic N) is 2. The van der Waals surface area contributed by atoms with E-state index in [-0.39, 0.29) is 36.4 Å². The third-order valence-electron chi connectivity index (χ3n) is 7.92. The number of hydrogen-bond acceptors (Lipinski definition) is 5. The van der Waals surface area contributed by atoms with E-state index in [4.69, 9.17) is 4.74 Å². The van der Waals surface area contributed by atoms with Crippen LogP contribution in [0.2, 0.25) is 0 Å². The fraction of sp³-hybridized carbons (Fsp3) is 0.724. The standard InChI is InChI=1S/C29H46N2O5/c1-5-7-13-30(14-8-15-32)26(33)20-31-19-23(21-9-10-25-22(17-21)11-16-36-25)27(28(34)35)24(31)18-29(3,4)12-6-2/h9-10,17,23-24,27,32H,5-8,11-16,18-20H2,1-4H3,(H,34,35). The zero-order chi connectivity index (χ0) is 26.3. The second-order valence-corrected chi connectivity index (χ2v) is 11.4. The predicted molar refractivity (Wildman–Crippen MR) is 141 cm³/mol. The maximum atomic E-state index is 13.5. The van der Waals surface area contributed by atoms with Gasteiger partial charge in [-0.25, -0.2) is 0 Å². The van der Waals surface area contributed by atoms with Crippen LogP contribution in [0.5, 0.6) is 5.75 Å². The van der Waals surface area contributed by atoms with Crippen molar-refractivity contribution in [3.63, 3.8) is 0 Å². The summed E-state index contributed by atoms with van der Waals surface area (Å²) in [4.78, 5) is 30.2. The van der Waals surface area contributed by atoms with Gasteiger partial charge in [0.15, 0.2) is 0 Å². The monoisotopic (exact) mass is 502 g/mol. The number of carbonyl (C=O) groups excluding carboxylic acids is 1. The molecule has 1 aromatic rings. The van der Waals surface area contributed by atoms with Crippen molar-refractivity contribution >= 4 is 11.9 Å². The van der Waals surface area contributed by atoms with Crippen molar-refractivity contribution in [1.82, 2.24) is 9.80 Å². The van der Waals surface area contributed by atoms with E-state index in [2.05, 4.69) is 38.7 Å². The largest absolute Gasteiger partial charge is 0.493 e. The number of likely N-dealkylation sites (tertiary alicyclic amines) is 1. The predicted octanol–water partition coefficient (Wildman–Crippen LogP) is 4.32. The number of rotatable bonds is 14. The highest BCUT2D eigenvalue weighted by molar-refractivity contribution is 5.79. The molecule has 0 bridgehead atoms. The molecule has 0 radical (unpaired) electrons. The Hall–Kier alpha value is -2.12. The molecule has 3 unspecified atom stereocenters. The van der Waals surface area contributed by atoms with Crippen molar-refractivity contribution in [3.8, 4) is 5.75 Å². The third kappa shape index (κ3) is 7.00. The van der Waals surface area contributed by atoms with Gasteiger partial charge in [-0.3, -0.25) is 14.5 Å². The summed E-state index contributed by atoms with van der Waals surface area (Å²) in [6, 6.07) is 5.89. The van der Waals surface area contributed by atoms with E-state index < -0.39 is 11.9 Å². The lowest BCUT2D eigenvalue weighted by molar-refractivity contribution is -0.144. The summed E-state index contributed by atoms with van der Waals surface area (Å²) in [5, 5.41) is 19.8. The van der Waals surface area contributed by atoms with E-state index in [9.17, 15) is 19.8 Å². The molecular weight excluding hydrogens is 456 g/mol. The van der Waals surface area contributed by atoms with Gasteiger partial charge in [0.25, 0.3) is 0 Å². The topological polar surface area (TPSA) is 90.3 Å². The molecule has 0 aromatic heterocycles. The van der Waals surface area contributed by atoms with Crippen LogP contribution >= 0.6 is 0 Å². The molecule has 3 rings (SSSR count). The smallest absolute Gasteiger partial charge is 0.308 e. The van der Waals surface area contributed by atoms with Gasteiger partial charge < -0.3 is 19.8 Å². The van der Waals surface area contributed by atoms with Crippen LogP contribution in [0, 0.1) is 11.3 Å². The van der Waals surface area contributed by atoms with Crippen molar-refractivity contribution in [2.75, 3.05) is 39.4 Å². The number of fused-ring (bicyclic) bond motifs is 1. The summed E-state index contributed by atoms with van der Waals surface area (Å²) in [6.07, 6.45) is 6.10. The molecule has 1 aromatic carbocycles. The lowest BCUT2D eigenvalue weighted by atomic mass is 9.76. The summed E-state index contributed by atoms with van der Waals surface area (Å²) in [5.41, 5.74) is 2.15. The highest BCUT2D eigenvalue weighted by atomic mass is 16.5. The Balaban J connectivity index is 1.90. The molecule has 2 aliphatic heterocycles. The number of ether oxygens (including phenoxy) is 1. The first kappa shape index (κ1) is 28.5. The molecule has 7 heteroatoms. The number of amides is 1. The van der Waals surface area contributed by atoms with Crippen LogP contribution in [0.1, 0.15) is 83.3 Å². The van der Waals surface area contributed by atoms with Crippen LogP contribution in [0.25, 0.3) is 0 Å². The van der Waals surface area contributed by atoms with E-state index in [0.717, 1.165) is 55.4 Å². The molecule has 2 N–H and O–H groups in total. The van der Waals surface area contributed by atoms with E-state index in [1.54, 1.807) is 0 Å². The summed E-state index contributed by atoms with van der Waals surface area (Å²) >= 11 is 0. The summed E-state index contributed by atoms with van der Waals surface area (Å²) in [6.45, 7) is 11.4. The van der Waals surface area contributed by atoms with Gasteiger partial charge in [0, 0.05) is 44.6 Å². The zero-order valence-electron chi connectivity index (χ0n) is 22.7. The minimum Gasteiger partial charge on any atom is -0.493 e. The fourth-order valence-electron chi connectivity index (χ4n) is 6.11. The molecule has 3 atom stereocenters. The summed E-state index contributed by atoms with van der Waals surface area (Å²) < 4.78 is 5.67. The summed E-state index contributed by atoms with van der Waals surface area (Å²) in [5.74, 6) is -0.609. The molecule has 1 amide bonds. The Morgan fingerprint density at radius 3 is 2.58 bits per heavy atom. The average molecular weight is 503 g/mol. The number of carboxylic acid groups (broad SMARTS) is 1. The molecule has 1 fully saturated rings. The average Bonchev–Trinajstić information content (AvgIpc) is 3.43. The van der Waals surface area contributed by atoms with E-state index in [1.165, 1.54) is 0 Å². The van der Waals surface area contributed by atoms with Crippen molar-refractivity contribution in [3.05, 3.63) is 29.3 Å². The van der Waals surface area contributed by atoms with Gasteiger partial charge >= 0.3 is 5.97 Å². The van der Waals surface area contributed by atoms with Gasteiger partial charge in [-0.15, -0.1) is 0 Å². The first-order chi connectivity index (χ1) is 17.2. The van der Waals surface area contributed by atoms with Crippen molar-refractivity contribution in [1.29, 1.82) is 0 Å². The number of hydrogen-bond donors (Lipinski definition) is 2. The van der Waals surface area contributed by atoms with E-state index >= 15 is 0 Å². The Labute approximate surface area is 216 Å². The van der Waals surface area contributed by atoms with Crippen LogP contribution < -0.4 is 4.74 Å². The fourth-order valence-corrected chi connectivity index (χ4v) is 6.11. The molecule has 2 aliphatic rings. The third-order valence-corrected chi connectivity index (χ3v) is 7.92. The number of aliphatic carboxylic acids is 1. The minimum atomic E-state index is -0.785. The molecule has 36 heavy (non-hydrogen) atoms. The van der Waals surface area contributed by atoms with Crippen LogP contribution in [-0.4, -0.2) is 77.3 Å². The lowest BCUT2D eigenvalue weighted by Gasteiger charge is -2.35. The number of benzene rings is 1. The molecule has 2 heterocycles. The van der Waals surface area contributed by atoms with Crippen molar-refractivity contribution in [2.24, 2.45) is 11.3 Å². The van der Waals surface area contributed by atoms with Crippen molar-refractivity contribution in [2.45, 2.75) is 84.6 Å². The van der Waals surface area contributed by atoms with Gasteiger partial charge in [0.2, 0.25) is 5.91 Å². The van der Waals surface area contributed by atoms with Gasteiger partial charge in [-0.2, -0.15) is 0 Å².